The standard InChI is InChI=1S/C17H18O4/c1-19-15-8-14(10-17(18)20-2)9-16(11-15)21-12-13-6-4-3-5-7-13/h3-9,11H,10,12H2,1-2H3. The van der Waals surface area contributed by atoms with Crippen LogP contribution in [-0.4, -0.2) is 20.2 Å². The number of ether oxygens (including phenoxy) is 3. The molecule has 0 bridgehead atoms. The number of rotatable bonds is 6. The van der Waals surface area contributed by atoms with E-state index in [1.54, 1.807) is 19.2 Å². The van der Waals surface area contributed by atoms with Gasteiger partial charge in [0.2, 0.25) is 0 Å². The zero-order valence-corrected chi connectivity index (χ0v) is 12.2. The lowest BCUT2D eigenvalue weighted by Crippen LogP contribution is -2.05. The molecule has 0 aliphatic heterocycles. The molecule has 0 aromatic heterocycles. The first kappa shape index (κ1) is 14.9. The summed E-state index contributed by atoms with van der Waals surface area (Å²) in [4.78, 5) is 11.4. The summed E-state index contributed by atoms with van der Waals surface area (Å²) in [5.41, 5.74) is 1.87. The van der Waals surface area contributed by atoms with Crippen LogP contribution in [0.25, 0.3) is 0 Å². The average molecular weight is 286 g/mol. The minimum atomic E-state index is -0.294. The Balaban J connectivity index is 2.10. The van der Waals surface area contributed by atoms with Gasteiger partial charge >= 0.3 is 5.97 Å². The molecule has 2 aromatic carbocycles. The van der Waals surface area contributed by atoms with Gasteiger partial charge in [-0.15, -0.1) is 0 Å². The topological polar surface area (TPSA) is 44.8 Å². The molecule has 0 amide bonds. The molecule has 0 fully saturated rings. The van der Waals surface area contributed by atoms with E-state index in [-0.39, 0.29) is 12.4 Å². The first-order valence-electron chi connectivity index (χ1n) is 6.63. The molecule has 0 spiro atoms. The molecule has 0 atom stereocenters. The van der Waals surface area contributed by atoms with E-state index in [4.69, 9.17) is 9.47 Å². The third-order valence-electron chi connectivity index (χ3n) is 3.00. The molecule has 0 saturated heterocycles. The molecule has 2 aromatic rings. The molecule has 21 heavy (non-hydrogen) atoms. The van der Waals surface area contributed by atoms with Gasteiger partial charge in [0.1, 0.15) is 18.1 Å². The van der Waals surface area contributed by atoms with Gasteiger partial charge in [-0.25, -0.2) is 0 Å². The van der Waals surface area contributed by atoms with Gasteiger partial charge in [-0.1, -0.05) is 30.3 Å². The number of esters is 1. The SMILES string of the molecule is COC(=O)Cc1cc(OC)cc(OCc2ccccc2)c1. The maximum absolute atomic E-state index is 11.4. The average Bonchev–Trinajstić information content (AvgIpc) is 2.53. The fourth-order valence-electron chi connectivity index (χ4n) is 1.91. The first-order chi connectivity index (χ1) is 10.2. The zero-order valence-electron chi connectivity index (χ0n) is 12.2. The predicted molar refractivity (Wildman–Crippen MR) is 79.5 cm³/mol. The van der Waals surface area contributed by atoms with Gasteiger partial charge in [-0.3, -0.25) is 4.79 Å². The summed E-state index contributed by atoms with van der Waals surface area (Å²) in [6.07, 6.45) is 0.190. The van der Waals surface area contributed by atoms with Gasteiger partial charge < -0.3 is 14.2 Å². The number of carbonyl (C=O) groups excluding carboxylic acids is 1. The van der Waals surface area contributed by atoms with E-state index in [0.717, 1.165) is 11.1 Å². The van der Waals surface area contributed by atoms with Gasteiger partial charge in [-0.05, 0) is 23.3 Å². The quantitative estimate of drug-likeness (QED) is 0.766. The fraction of sp³-hybridized carbons (Fsp3) is 0.235. The van der Waals surface area contributed by atoms with E-state index in [0.29, 0.717) is 18.1 Å². The monoisotopic (exact) mass is 286 g/mol. The van der Waals surface area contributed by atoms with Crippen molar-refractivity contribution in [1.29, 1.82) is 0 Å². The zero-order chi connectivity index (χ0) is 15.1. The largest absolute Gasteiger partial charge is 0.497 e. The molecule has 0 heterocycles. The highest BCUT2D eigenvalue weighted by molar-refractivity contribution is 5.72. The summed E-state index contributed by atoms with van der Waals surface area (Å²) in [5, 5.41) is 0. The molecule has 0 unspecified atom stereocenters. The Morgan fingerprint density at radius 2 is 1.67 bits per heavy atom. The fourth-order valence-corrected chi connectivity index (χ4v) is 1.91. The minimum absolute atomic E-state index is 0.190. The van der Waals surface area contributed by atoms with Gasteiger partial charge in [0.25, 0.3) is 0 Å². The van der Waals surface area contributed by atoms with E-state index in [9.17, 15) is 4.79 Å². The predicted octanol–water partition coefficient (Wildman–Crippen LogP) is 2.99. The van der Waals surface area contributed by atoms with Crippen molar-refractivity contribution in [2.45, 2.75) is 13.0 Å². The number of hydrogen-bond donors (Lipinski definition) is 0. The maximum Gasteiger partial charge on any atom is 0.309 e. The number of carbonyl (C=O) groups is 1. The van der Waals surface area contributed by atoms with Crippen LogP contribution in [0.5, 0.6) is 11.5 Å². The van der Waals surface area contributed by atoms with E-state index in [1.807, 2.05) is 36.4 Å². The van der Waals surface area contributed by atoms with Crippen molar-refractivity contribution in [3.8, 4) is 11.5 Å². The van der Waals surface area contributed by atoms with Crippen LogP contribution in [0.1, 0.15) is 11.1 Å². The van der Waals surface area contributed by atoms with Crippen LogP contribution in [0.15, 0.2) is 48.5 Å². The van der Waals surface area contributed by atoms with Crippen molar-refractivity contribution in [3.63, 3.8) is 0 Å². The highest BCUT2D eigenvalue weighted by atomic mass is 16.5. The van der Waals surface area contributed by atoms with Gasteiger partial charge in [0.15, 0.2) is 0 Å². The van der Waals surface area contributed by atoms with Crippen molar-refractivity contribution < 1.29 is 19.0 Å². The summed E-state index contributed by atoms with van der Waals surface area (Å²) < 4.78 is 15.7. The Labute approximate surface area is 124 Å². The van der Waals surface area contributed by atoms with E-state index >= 15 is 0 Å². The van der Waals surface area contributed by atoms with Gasteiger partial charge in [-0.2, -0.15) is 0 Å². The summed E-state index contributed by atoms with van der Waals surface area (Å²) in [5.74, 6) is 1.02. The molecular formula is C17H18O4. The molecule has 0 radical (unpaired) electrons. The van der Waals surface area contributed by atoms with Crippen molar-refractivity contribution in [1.82, 2.24) is 0 Å². The molecule has 0 N–H and O–H groups in total. The third-order valence-corrected chi connectivity index (χ3v) is 3.00. The van der Waals surface area contributed by atoms with Crippen molar-refractivity contribution in [3.05, 3.63) is 59.7 Å². The summed E-state index contributed by atoms with van der Waals surface area (Å²) in [7, 11) is 2.95. The summed E-state index contributed by atoms with van der Waals surface area (Å²) in [6, 6.07) is 15.3. The molecule has 4 heteroatoms. The molecular weight excluding hydrogens is 268 g/mol. The lowest BCUT2D eigenvalue weighted by atomic mass is 10.1. The molecule has 0 aliphatic carbocycles. The Morgan fingerprint density at radius 3 is 2.33 bits per heavy atom. The molecule has 0 saturated carbocycles. The van der Waals surface area contributed by atoms with Crippen molar-refractivity contribution in [2.24, 2.45) is 0 Å². The first-order valence-corrected chi connectivity index (χ1v) is 6.63. The number of methoxy groups -OCH3 is 2. The normalized spacial score (nSPS) is 10.0. The van der Waals surface area contributed by atoms with Crippen molar-refractivity contribution >= 4 is 5.97 Å². The smallest absolute Gasteiger partial charge is 0.309 e. The lowest BCUT2D eigenvalue weighted by molar-refractivity contribution is -0.139. The van der Waals surface area contributed by atoms with Crippen LogP contribution in [0.4, 0.5) is 0 Å². The summed E-state index contributed by atoms with van der Waals surface area (Å²) >= 11 is 0. The third kappa shape index (κ3) is 4.53. The van der Waals surface area contributed by atoms with Crippen LogP contribution < -0.4 is 9.47 Å². The second-order valence-electron chi connectivity index (χ2n) is 4.54. The second kappa shape index (κ2) is 7.33. The van der Waals surface area contributed by atoms with Gasteiger partial charge in [0, 0.05) is 6.07 Å². The highest BCUT2D eigenvalue weighted by Gasteiger charge is 2.07. The van der Waals surface area contributed by atoms with E-state index < -0.39 is 0 Å². The minimum Gasteiger partial charge on any atom is -0.497 e. The van der Waals surface area contributed by atoms with E-state index in [1.165, 1.54) is 7.11 Å². The second-order valence-corrected chi connectivity index (χ2v) is 4.54. The summed E-state index contributed by atoms with van der Waals surface area (Å²) in [6.45, 7) is 0.464. The molecule has 110 valence electrons. The Hall–Kier alpha value is -2.49. The van der Waals surface area contributed by atoms with Crippen LogP contribution in [0.2, 0.25) is 0 Å². The Morgan fingerprint density at radius 1 is 0.952 bits per heavy atom. The number of benzene rings is 2. The highest BCUT2D eigenvalue weighted by Crippen LogP contribution is 2.24. The van der Waals surface area contributed by atoms with Crippen LogP contribution in [0, 0.1) is 0 Å². The molecule has 2 rings (SSSR count). The Kier molecular flexibility index (Phi) is 5.21. The van der Waals surface area contributed by atoms with Gasteiger partial charge in [0.05, 0.1) is 20.6 Å². The Bertz CT molecular complexity index is 593. The van der Waals surface area contributed by atoms with Crippen LogP contribution >= 0.6 is 0 Å². The van der Waals surface area contributed by atoms with Crippen LogP contribution in [0.3, 0.4) is 0 Å². The molecule has 0 aliphatic rings. The van der Waals surface area contributed by atoms with E-state index in [2.05, 4.69) is 4.74 Å². The van der Waals surface area contributed by atoms with Crippen molar-refractivity contribution in [2.75, 3.05) is 14.2 Å². The molecule has 4 nitrogen and oxygen atoms in total. The maximum atomic E-state index is 11.4. The lowest BCUT2D eigenvalue weighted by Gasteiger charge is -2.10. The number of hydrogen-bond acceptors (Lipinski definition) is 4. The van der Waals surface area contributed by atoms with Crippen LogP contribution in [-0.2, 0) is 22.6 Å².